The Morgan fingerprint density at radius 2 is 0.474 bits per heavy atom. The zero-order valence-corrected chi connectivity index (χ0v) is 30.0. The van der Waals surface area contributed by atoms with Gasteiger partial charge < -0.3 is 27.1 Å². The molecule has 0 saturated heterocycles. The summed E-state index contributed by atoms with van der Waals surface area (Å²) in [6, 6.07) is 27.5. The third-order valence-electron chi connectivity index (χ3n) is 8.70. The normalized spacial score (nSPS) is 11.4. The fraction of sp³-hybridized carbons (Fsp3) is 0.0769. The van der Waals surface area contributed by atoms with Crippen LogP contribution in [-0.2, 0) is 0 Å². The Hall–Kier alpha value is -8.28. The number of hydrogen-bond acceptors (Lipinski definition) is 18. The zero-order valence-electron chi connectivity index (χ0n) is 30.0. The van der Waals surface area contributed by atoms with Gasteiger partial charge in [0.2, 0.25) is 17.5 Å². The van der Waals surface area contributed by atoms with E-state index in [1.54, 1.807) is 20.8 Å². The predicted molar refractivity (Wildman–Crippen MR) is 197 cm³/mol. The van der Waals surface area contributed by atoms with Crippen molar-refractivity contribution in [1.29, 1.82) is 0 Å². The van der Waals surface area contributed by atoms with Crippen molar-refractivity contribution in [3.63, 3.8) is 0 Å². The quantitative estimate of drug-likeness (QED) is 0.136. The predicted octanol–water partition coefficient (Wildman–Crippen LogP) is 7.91. The van der Waals surface area contributed by atoms with Crippen molar-refractivity contribution in [1.82, 2.24) is 60.8 Å². The minimum atomic E-state index is 0.298. The molecule has 4 aromatic carbocycles. The molecule has 0 unspecified atom stereocenters. The summed E-state index contributed by atoms with van der Waals surface area (Å²) in [7, 11) is 0. The van der Waals surface area contributed by atoms with Crippen LogP contribution >= 0.6 is 0 Å². The lowest BCUT2D eigenvalue weighted by Crippen LogP contribution is -1.90. The molecule has 57 heavy (non-hydrogen) atoms. The molecule has 0 atom stereocenters. The molecule has 18 heteroatoms. The van der Waals surface area contributed by atoms with E-state index in [1.165, 1.54) is 0 Å². The monoisotopic (exact) mass is 756 g/mol. The maximum atomic E-state index is 5.71. The Bertz CT molecular complexity index is 2670. The molecule has 0 amide bonds. The third-order valence-corrected chi connectivity index (χ3v) is 8.70. The van der Waals surface area contributed by atoms with Crippen LogP contribution in [0.25, 0.3) is 103 Å². The lowest BCUT2D eigenvalue weighted by molar-refractivity contribution is 0.425. The Morgan fingerprint density at radius 3 is 0.684 bits per heavy atom. The highest BCUT2D eigenvalue weighted by atomic mass is 16.5. The summed E-state index contributed by atoms with van der Waals surface area (Å²) >= 11 is 0. The number of hydrogen-bond donors (Lipinski definition) is 0. The van der Waals surface area contributed by atoms with E-state index in [-0.39, 0.29) is 0 Å². The summed E-state index contributed by atoms with van der Waals surface area (Å²) < 4.78 is 33.0. The molecule has 6 aromatic heterocycles. The highest BCUT2D eigenvalue weighted by Gasteiger charge is 2.20. The molecule has 6 heterocycles. The van der Waals surface area contributed by atoms with Crippen molar-refractivity contribution in [3.05, 3.63) is 108 Å². The largest absolute Gasteiger partial charge is 0.334 e. The van der Waals surface area contributed by atoms with Gasteiger partial charge in [0.25, 0.3) is 35.3 Å². The molecule has 0 aliphatic carbocycles. The SMILES string of the molecule is Cc1noc(-c2ccc(-c3nc(-c4cc(-c5noc(-c6ccc(-c7nc(C)no7)cc6)n5)cc(-c5noc(-c6ccc(-c7nc(C)no7)cc6)n5)c4)no3)cc2)n1. The standard InChI is InChI=1S/C39H24N12O6/c1-19-40-34(52-46-19)22-4-10-25(11-5-22)37-43-31(49-55-37)28-16-29(32-44-38(56-50-32)26-12-6-23(7-13-26)35-41-20(2)47-53-35)18-30(17-28)33-45-39(57-51-33)27-14-8-24(9-15-27)36-42-21(3)48-54-36/h4-18H,1-3H3. The summed E-state index contributed by atoms with van der Waals surface area (Å²) in [6.07, 6.45) is 0. The van der Waals surface area contributed by atoms with Crippen LogP contribution in [-0.4, -0.2) is 60.8 Å². The first-order valence-electron chi connectivity index (χ1n) is 17.3. The fourth-order valence-electron chi connectivity index (χ4n) is 5.90. The average Bonchev–Trinajstić information content (AvgIpc) is 4.10. The van der Waals surface area contributed by atoms with Gasteiger partial charge in [-0.15, -0.1) is 0 Å². The molecule has 276 valence electrons. The van der Waals surface area contributed by atoms with E-state index in [0.29, 0.717) is 104 Å². The Labute approximate surface area is 319 Å². The van der Waals surface area contributed by atoms with Gasteiger partial charge in [-0.2, -0.15) is 29.9 Å². The van der Waals surface area contributed by atoms with E-state index >= 15 is 0 Å². The minimum absolute atomic E-state index is 0.298. The first kappa shape index (κ1) is 33.3. The van der Waals surface area contributed by atoms with Gasteiger partial charge in [0, 0.05) is 50.1 Å². The number of nitrogens with zero attached hydrogens (tertiary/aromatic N) is 12. The van der Waals surface area contributed by atoms with Crippen molar-refractivity contribution in [2.45, 2.75) is 20.8 Å². The summed E-state index contributed by atoms with van der Waals surface area (Å²) in [5, 5.41) is 24.5. The first-order valence-corrected chi connectivity index (χ1v) is 17.3. The molecule has 10 rings (SSSR count). The maximum Gasteiger partial charge on any atom is 0.258 e. The number of aryl methyl sites for hydroxylation is 3. The van der Waals surface area contributed by atoms with E-state index in [1.807, 2.05) is 91.0 Å². The van der Waals surface area contributed by atoms with Gasteiger partial charge >= 0.3 is 0 Å². The van der Waals surface area contributed by atoms with Gasteiger partial charge in [0.15, 0.2) is 17.5 Å². The van der Waals surface area contributed by atoms with Crippen LogP contribution in [0, 0.1) is 20.8 Å². The molecule has 0 fully saturated rings. The van der Waals surface area contributed by atoms with E-state index in [0.717, 1.165) is 16.7 Å². The van der Waals surface area contributed by atoms with Crippen LogP contribution in [0.5, 0.6) is 0 Å². The van der Waals surface area contributed by atoms with Crippen LogP contribution in [0.4, 0.5) is 0 Å². The Kier molecular flexibility index (Phi) is 7.91. The van der Waals surface area contributed by atoms with E-state index in [9.17, 15) is 0 Å². The van der Waals surface area contributed by atoms with Crippen LogP contribution in [0.1, 0.15) is 17.5 Å². The van der Waals surface area contributed by atoms with Crippen molar-refractivity contribution in [3.8, 4) is 103 Å². The number of rotatable bonds is 9. The molecule has 18 nitrogen and oxygen atoms in total. The van der Waals surface area contributed by atoms with E-state index in [2.05, 4.69) is 45.9 Å². The second kappa shape index (κ2) is 13.5. The molecule has 0 aliphatic heterocycles. The van der Waals surface area contributed by atoms with Crippen LogP contribution in [0.15, 0.2) is 118 Å². The maximum absolute atomic E-state index is 5.71. The smallest absolute Gasteiger partial charge is 0.258 e. The summed E-state index contributed by atoms with van der Waals surface area (Å²) in [4.78, 5) is 27.0. The van der Waals surface area contributed by atoms with Gasteiger partial charge in [-0.3, -0.25) is 0 Å². The molecule has 0 saturated carbocycles. The molecule has 0 N–H and O–H groups in total. The van der Waals surface area contributed by atoms with E-state index < -0.39 is 0 Å². The molecule has 0 spiro atoms. The van der Waals surface area contributed by atoms with Crippen molar-refractivity contribution >= 4 is 0 Å². The summed E-state index contributed by atoms with van der Waals surface area (Å²) in [5.74, 6) is 4.67. The van der Waals surface area contributed by atoms with Gasteiger partial charge in [0.05, 0.1) is 0 Å². The zero-order chi connectivity index (χ0) is 38.5. The molecular formula is C39H24N12O6. The van der Waals surface area contributed by atoms with Crippen LogP contribution in [0.3, 0.4) is 0 Å². The number of aromatic nitrogens is 12. The average molecular weight is 757 g/mol. The highest BCUT2D eigenvalue weighted by molar-refractivity contribution is 5.76. The van der Waals surface area contributed by atoms with Crippen molar-refractivity contribution in [2.75, 3.05) is 0 Å². The van der Waals surface area contributed by atoms with E-state index in [4.69, 9.17) is 42.1 Å². The fourth-order valence-corrected chi connectivity index (χ4v) is 5.90. The highest BCUT2D eigenvalue weighted by Crippen LogP contribution is 2.34. The lowest BCUT2D eigenvalue weighted by Gasteiger charge is -2.03. The Balaban J connectivity index is 0.987. The summed E-state index contributed by atoms with van der Waals surface area (Å²) in [6.45, 7) is 5.28. The second-order valence-electron chi connectivity index (χ2n) is 12.7. The number of benzene rings is 4. The van der Waals surface area contributed by atoms with Gasteiger partial charge in [-0.05, 0) is 112 Å². The topological polar surface area (TPSA) is 234 Å². The molecule has 0 bridgehead atoms. The first-order chi connectivity index (χ1) is 27.9. The van der Waals surface area contributed by atoms with Crippen LogP contribution < -0.4 is 0 Å². The van der Waals surface area contributed by atoms with Crippen molar-refractivity contribution in [2.24, 2.45) is 0 Å². The van der Waals surface area contributed by atoms with Crippen LogP contribution in [0.2, 0.25) is 0 Å². The second-order valence-corrected chi connectivity index (χ2v) is 12.7. The Morgan fingerprint density at radius 1 is 0.263 bits per heavy atom. The molecule has 10 aromatic rings. The molecular weight excluding hydrogens is 733 g/mol. The van der Waals surface area contributed by atoms with Gasteiger partial charge in [-0.1, -0.05) is 30.9 Å². The summed E-state index contributed by atoms with van der Waals surface area (Å²) in [5.41, 5.74) is 6.07. The molecule has 0 aliphatic rings. The van der Waals surface area contributed by atoms with Gasteiger partial charge in [0.1, 0.15) is 0 Å². The lowest BCUT2D eigenvalue weighted by atomic mass is 10.0. The third kappa shape index (κ3) is 6.52. The minimum Gasteiger partial charge on any atom is -0.334 e. The molecule has 0 radical (unpaired) electrons. The van der Waals surface area contributed by atoms with Crippen molar-refractivity contribution < 1.29 is 27.1 Å². The van der Waals surface area contributed by atoms with Gasteiger partial charge in [-0.25, -0.2) is 0 Å².